The molecule has 0 unspecified atom stereocenters. The van der Waals surface area contributed by atoms with Gasteiger partial charge in [0.2, 0.25) is 0 Å². The monoisotopic (exact) mass is 191 g/mol. The second-order valence-electron chi connectivity index (χ2n) is 3.22. The van der Waals surface area contributed by atoms with Crippen LogP contribution in [0.4, 0.5) is 10.2 Å². The van der Waals surface area contributed by atoms with Crippen LogP contribution in [0.15, 0.2) is 24.3 Å². The van der Waals surface area contributed by atoms with Gasteiger partial charge in [0.25, 0.3) is 0 Å². The third-order valence-corrected chi connectivity index (χ3v) is 1.95. The van der Waals surface area contributed by atoms with Gasteiger partial charge in [-0.3, -0.25) is 5.10 Å². The predicted octanol–water partition coefficient (Wildman–Crippen LogP) is 2.11. The molecule has 0 aliphatic rings. The van der Waals surface area contributed by atoms with Gasteiger partial charge in [-0.15, -0.1) is 0 Å². The van der Waals surface area contributed by atoms with Gasteiger partial charge in [-0.25, -0.2) is 4.39 Å². The minimum Gasteiger partial charge on any atom is -0.382 e. The molecule has 72 valence electrons. The highest BCUT2D eigenvalue weighted by Gasteiger charge is 2.03. The maximum atomic E-state index is 13.1. The molecule has 2 rings (SSSR count). The van der Waals surface area contributed by atoms with Crippen molar-refractivity contribution in [3.63, 3.8) is 0 Å². The highest BCUT2D eigenvalue weighted by atomic mass is 19.1. The molecule has 0 spiro atoms. The van der Waals surface area contributed by atoms with Crippen LogP contribution in [0.25, 0.3) is 11.3 Å². The Morgan fingerprint density at radius 2 is 2.07 bits per heavy atom. The first kappa shape index (κ1) is 8.74. The molecule has 1 heterocycles. The van der Waals surface area contributed by atoms with Gasteiger partial charge in [0, 0.05) is 11.6 Å². The van der Waals surface area contributed by atoms with Gasteiger partial charge in [-0.1, -0.05) is 0 Å². The quantitative estimate of drug-likeness (QED) is 0.725. The minimum atomic E-state index is -0.256. The number of halogens is 1. The lowest BCUT2D eigenvalue weighted by Gasteiger charge is -1.99. The number of nitrogens with zero attached hydrogens (tertiary/aromatic N) is 1. The van der Waals surface area contributed by atoms with E-state index >= 15 is 0 Å². The summed E-state index contributed by atoms with van der Waals surface area (Å²) in [4.78, 5) is 0. The molecule has 0 bridgehead atoms. The number of aromatic nitrogens is 2. The van der Waals surface area contributed by atoms with Gasteiger partial charge in [0.1, 0.15) is 11.6 Å². The molecule has 0 saturated heterocycles. The highest BCUT2D eigenvalue weighted by molar-refractivity contribution is 5.62. The molecule has 0 fully saturated rings. The van der Waals surface area contributed by atoms with Crippen LogP contribution in [0.2, 0.25) is 0 Å². The molecular formula is C10H10FN3. The Kier molecular flexibility index (Phi) is 1.96. The lowest BCUT2D eigenvalue weighted by Crippen LogP contribution is -1.83. The van der Waals surface area contributed by atoms with Gasteiger partial charge in [0.05, 0.1) is 5.69 Å². The van der Waals surface area contributed by atoms with E-state index in [-0.39, 0.29) is 5.82 Å². The molecule has 1 aromatic carbocycles. The maximum absolute atomic E-state index is 13.1. The van der Waals surface area contributed by atoms with E-state index < -0.39 is 0 Å². The number of hydrogen-bond donors (Lipinski definition) is 2. The van der Waals surface area contributed by atoms with Crippen molar-refractivity contribution in [2.75, 3.05) is 5.73 Å². The van der Waals surface area contributed by atoms with Crippen molar-refractivity contribution < 1.29 is 4.39 Å². The van der Waals surface area contributed by atoms with Gasteiger partial charge in [-0.05, 0) is 30.7 Å². The van der Waals surface area contributed by atoms with E-state index in [9.17, 15) is 4.39 Å². The number of nitrogen functional groups attached to an aromatic ring is 1. The van der Waals surface area contributed by atoms with Crippen LogP contribution in [0.3, 0.4) is 0 Å². The van der Waals surface area contributed by atoms with E-state index in [1.54, 1.807) is 6.07 Å². The topological polar surface area (TPSA) is 54.7 Å². The van der Waals surface area contributed by atoms with E-state index in [1.807, 2.05) is 13.0 Å². The summed E-state index contributed by atoms with van der Waals surface area (Å²) in [5.74, 6) is 0.148. The normalized spacial score (nSPS) is 10.4. The fourth-order valence-corrected chi connectivity index (χ4v) is 1.38. The fourth-order valence-electron chi connectivity index (χ4n) is 1.38. The Balaban J connectivity index is 2.51. The first-order valence-electron chi connectivity index (χ1n) is 4.23. The Bertz CT molecular complexity index is 442. The molecule has 0 amide bonds. The highest BCUT2D eigenvalue weighted by Crippen LogP contribution is 2.20. The third-order valence-electron chi connectivity index (χ3n) is 1.95. The van der Waals surface area contributed by atoms with Crippen molar-refractivity contribution >= 4 is 5.82 Å². The van der Waals surface area contributed by atoms with Gasteiger partial charge in [0.15, 0.2) is 0 Å². The number of benzene rings is 1. The molecule has 0 aliphatic heterocycles. The van der Waals surface area contributed by atoms with Crippen molar-refractivity contribution in [3.05, 3.63) is 35.6 Å². The van der Waals surface area contributed by atoms with Gasteiger partial charge >= 0.3 is 0 Å². The van der Waals surface area contributed by atoms with Crippen LogP contribution in [0.1, 0.15) is 5.56 Å². The van der Waals surface area contributed by atoms with Crippen molar-refractivity contribution in [2.24, 2.45) is 0 Å². The largest absolute Gasteiger partial charge is 0.382 e. The molecule has 2 aromatic rings. The zero-order valence-electron chi connectivity index (χ0n) is 7.71. The Labute approximate surface area is 80.8 Å². The SMILES string of the molecule is Cc1cc(F)cc(-c2cc(N)n[nH]2)c1. The van der Waals surface area contributed by atoms with Crippen LogP contribution >= 0.6 is 0 Å². The number of aromatic amines is 1. The summed E-state index contributed by atoms with van der Waals surface area (Å²) in [6, 6.07) is 6.47. The van der Waals surface area contributed by atoms with E-state index in [0.717, 1.165) is 16.8 Å². The number of nitrogens with one attached hydrogen (secondary N) is 1. The van der Waals surface area contributed by atoms with Crippen LogP contribution in [-0.4, -0.2) is 10.2 Å². The Morgan fingerprint density at radius 1 is 1.29 bits per heavy atom. The van der Waals surface area contributed by atoms with Crippen molar-refractivity contribution in [1.29, 1.82) is 0 Å². The third kappa shape index (κ3) is 1.59. The number of hydrogen-bond acceptors (Lipinski definition) is 2. The number of aryl methyl sites for hydroxylation is 1. The molecule has 4 heteroatoms. The molecule has 0 radical (unpaired) electrons. The average molecular weight is 191 g/mol. The zero-order valence-corrected chi connectivity index (χ0v) is 7.71. The fraction of sp³-hybridized carbons (Fsp3) is 0.100. The Hall–Kier alpha value is -1.84. The summed E-state index contributed by atoms with van der Waals surface area (Å²) in [6.07, 6.45) is 0. The number of rotatable bonds is 1. The van der Waals surface area contributed by atoms with E-state index in [2.05, 4.69) is 10.2 Å². The Morgan fingerprint density at radius 3 is 2.64 bits per heavy atom. The lowest BCUT2D eigenvalue weighted by atomic mass is 10.1. The maximum Gasteiger partial charge on any atom is 0.145 e. The second-order valence-corrected chi connectivity index (χ2v) is 3.22. The van der Waals surface area contributed by atoms with E-state index in [0.29, 0.717) is 5.82 Å². The molecule has 1 aromatic heterocycles. The summed E-state index contributed by atoms with van der Waals surface area (Å²) in [6.45, 7) is 1.84. The molecule has 3 nitrogen and oxygen atoms in total. The lowest BCUT2D eigenvalue weighted by molar-refractivity contribution is 0.627. The zero-order chi connectivity index (χ0) is 10.1. The van der Waals surface area contributed by atoms with Crippen LogP contribution in [-0.2, 0) is 0 Å². The van der Waals surface area contributed by atoms with Gasteiger partial charge in [-0.2, -0.15) is 5.10 Å². The standard InChI is InChI=1S/C10H10FN3/c1-6-2-7(4-8(11)3-6)9-5-10(12)14-13-9/h2-5H,1H3,(H3,12,13,14). The number of anilines is 1. The van der Waals surface area contributed by atoms with Crippen LogP contribution < -0.4 is 5.73 Å². The average Bonchev–Trinajstić information content (AvgIpc) is 2.50. The summed E-state index contributed by atoms with van der Waals surface area (Å²) in [7, 11) is 0. The molecule has 14 heavy (non-hydrogen) atoms. The number of nitrogens with two attached hydrogens (primary N) is 1. The summed E-state index contributed by atoms with van der Waals surface area (Å²) < 4.78 is 13.1. The molecular weight excluding hydrogens is 181 g/mol. The van der Waals surface area contributed by atoms with Crippen molar-refractivity contribution in [3.8, 4) is 11.3 Å². The van der Waals surface area contributed by atoms with Crippen LogP contribution in [0, 0.1) is 12.7 Å². The molecule has 0 aliphatic carbocycles. The predicted molar refractivity (Wildman–Crippen MR) is 53.1 cm³/mol. The van der Waals surface area contributed by atoms with Crippen molar-refractivity contribution in [1.82, 2.24) is 10.2 Å². The van der Waals surface area contributed by atoms with E-state index in [4.69, 9.17) is 5.73 Å². The summed E-state index contributed by atoms with van der Waals surface area (Å²) in [5, 5.41) is 6.52. The minimum absolute atomic E-state index is 0.256. The molecule has 0 saturated carbocycles. The summed E-state index contributed by atoms with van der Waals surface area (Å²) in [5.41, 5.74) is 7.81. The first-order chi connectivity index (χ1) is 6.65. The first-order valence-corrected chi connectivity index (χ1v) is 4.23. The van der Waals surface area contributed by atoms with Crippen LogP contribution in [0.5, 0.6) is 0 Å². The second kappa shape index (κ2) is 3.14. The summed E-state index contributed by atoms with van der Waals surface area (Å²) >= 11 is 0. The molecule has 3 N–H and O–H groups in total. The van der Waals surface area contributed by atoms with Crippen molar-refractivity contribution in [2.45, 2.75) is 6.92 Å². The number of H-pyrrole nitrogens is 1. The smallest absolute Gasteiger partial charge is 0.145 e. The van der Waals surface area contributed by atoms with E-state index in [1.165, 1.54) is 12.1 Å². The van der Waals surface area contributed by atoms with Gasteiger partial charge < -0.3 is 5.73 Å². The molecule has 0 atom stereocenters.